The minimum Gasteiger partial charge on any atom is -0.412 e. The van der Waals surface area contributed by atoms with Gasteiger partial charge in [-0.3, -0.25) is 9.11 Å². The standard InChI is InChI=1S/C26H20N2O6S2.Na.H2O/c1-15-25(35(29,30)31)21(17-9-5-3-6-10-17)19-13-14-20-22(18-11-7-4-8-12-18)26(36(32,33)34)16(2)28-24(20)23(19)27-15;;/h3-14H,1-2H3,(H,29,30,31)(H,32,33,34);;1H2. The summed E-state index contributed by atoms with van der Waals surface area (Å²) in [5.74, 6) is 0. The van der Waals surface area contributed by atoms with Gasteiger partial charge in [0.15, 0.2) is 0 Å². The maximum atomic E-state index is 12.4. The van der Waals surface area contributed by atoms with E-state index in [1.54, 1.807) is 72.8 Å². The van der Waals surface area contributed by atoms with Gasteiger partial charge in [0.05, 0.1) is 22.4 Å². The molecule has 12 heteroatoms. The summed E-state index contributed by atoms with van der Waals surface area (Å²) in [5.41, 5.74) is 2.43. The normalized spacial score (nSPS) is 11.7. The molecule has 0 aliphatic carbocycles. The molecular formula is C26H22N2NaO7S2. The summed E-state index contributed by atoms with van der Waals surface area (Å²) >= 11 is 0. The zero-order chi connectivity index (χ0) is 25.8. The third-order valence-corrected chi connectivity index (χ3v) is 8.03. The molecule has 0 aliphatic rings. The van der Waals surface area contributed by atoms with Crippen molar-refractivity contribution in [1.29, 1.82) is 0 Å². The first-order valence-corrected chi connectivity index (χ1v) is 13.7. The fourth-order valence-electron chi connectivity index (χ4n) is 4.67. The molecule has 9 nitrogen and oxygen atoms in total. The predicted molar refractivity (Wildman–Crippen MR) is 146 cm³/mol. The first kappa shape index (κ1) is 29.8. The van der Waals surface area contributed by atoms with Crippen LogP contribution in [0.15, 0.2) is 82.6 Å². The average molecular weight is 562 g/mol. The zero-order valence-corrected chi connectivity index (χ0v) is 24.3. The van der Waals surface area contributed by atoms with E-state index in [0.29, 0.717) is 32.9 Å². The maximum Gasteiger partial charge on any atom is 0.296 e. The predicted octanol–water partition coefficient (Wildman–Crippen LogP) is 4.02. The Bertz CT molecular complexity index is 1760. The number of hydrogen-bond acceptors (Lipinski definition) is 6. The number of aromatic nitrogens is 2. The van der Waals surface area contributed by atoms with E-state index in [2.05, 4.69) is 9.97 Å². The van der Waals surface area contributed by atoms with E-state index in [0.717, 1.165) is 0 Å². The van der Waals surface area contributed by atoms with Crippen molar-refractivity contribution < 1.29 is 31.4 Å². The molecule has 0 amide bonds. The van der Waals surface area contributed by atoms with Gasteiger partial charge in [0.1, 0.15) is 9.79 Å². The van der Waals surface area contributed by atoms with Crippen molar-refractivity contribution in [2.24, 2.45) is 0 Å². The summed E-state index contributed by atoms with van der Waals surface area (Å²) in [7, 11) is -9.28. The van der Waals surface area contributed by atoms with Crippen molar-refractivity contribution in [2.75, 3.05) is 0 Å². The quantitative estimate of drug-likeness (QED) is 0.189. The van der Waals surface area contributed by atoms with E-state index in [-0.39, 0.29) is 67.3 Å². The molecule has 0 aliphatic heterocycles. The molecule has 4 N–H and O–H groups in total. The van der Waals surface area contributed by atoms with Gasteiger partial charge in [-0.25, -0.2) is 9.97 Å². The van der Waals surface area contributed by atoms with E-state index in [1.807, 2.05) is 0 Å². The van der Waals surface area contributed by atoms with Crippen LogP contribution in [0, 0.1) is 13.8 Å². The maximum absolute atomic E-state index is 12.4. The van der Waals surface area contributed by atoms with Gasteiger partial charge >= 0.3 is 0 Å². The second-order valence-electron chi connectivity index (χ2n) is 8.34. The van der Waals surface area contributed by atoms with Crippen molar-refractivity contribution in [3.05, 3.63) is 84.2 Å². The van der Waals surface area contributed by atoms with Crippen LogP contribution in [-0.2, 0) is 20.2 Å². The third-order valence-electron chi connectivity index (χ3n) is 6.00. The number of fused-ring (bicyclic) bond motifs is 3. The zero-order valence-electron chi connectivity index (χ0n) is 20.7. The van der Waals surface area contributed by atoms with Gasteiger partial charge in [0, 0.05) is 51.5 Å². The molecule has 38 heavy (non-hydrogen) atoms. The number of nitrogens with zero attached hydrogens (tertiary/aromatic N) is 2. The molecule has 5 rings (SSSR count). The van der Waals surface area contributed by atoms with Crippen LogP contribution >= 0.6 is 0 Å². The van der Waals surface area contributed by atoms with Crippen molar-refractivity contribution in [3.8, 4) is 22.3 Å². The fraction of sp³-hybridized carbons (Fsp3) is 0.0769. The molecule has 0 bridgehead atoms. The minimum atomic E-state index is -4.64. The molecule has 0 unspecified atom stereocenters. The van der Waals surface area contributed by atoms with Crippen molar-refractivity contribution in [1.82, 2.24) is 9.97 Å². The Labute approximate surface area is 241 Å². The van der Waals surface area contributed by atoms with Crippen molar-refractivity contribution in [3.63, 3.8) is 0 Å². The largest absolute Gasteiger partial charge is 0.412 e. The molecular weight excluding hydrogens is 539 g/mol. The molecule has 191 valence electrons. The Balaban J connectivity index is 0.00000200. The molecule has 1 radical (unpaired) electrons. The van der Waals surface area contributed by atoms with Crippen LogP contribution in [0.3, 0.4) is 0 Å². The number of benzene rings is 3. The second kappa shape index (κ2) is 10.8. The SMILES string of the molecule is Cc1nc2c(ccc3c(-c4ccccc4)c(S(=O)(=O)O)c(C)nc32)c(-c2ccccc2)c1S(=O)(=O)O.O.[Na]. The van der Waals surface area contributed by atoms with Crippen molar-refractivity contribution in [2.45, 2.75) is 23.6 Å². The number of aryl methyl sites for hydroxylation is 2. The minimum absolute atomic E-state index is 0. The van der Waals surface area contributed by atoms with Crippen LogP contribution in [0.4, 0.5) is 0 Å². The molecule has 0 spiro atoms. The molecule has 3 aromatic carbocycles. The molecule has 0 saturated carbocycles. The molecule has 2 heterocycles. The van der Waals surface area contributed by atoms with E-state index in [9.17, 15) is 25.9 Å². The Hall–Kier alpha value is -2.74. The third kappa shape index (κ3) is 5.12. The summed E-state index contributed by atoms with van der Waals surface area (Å²) in [5, 5.41) is 0.829. The number of pyridine rings is 2. The van der Waals surface area contributed by atoms with Gasteiger partial charge in [-0.2, -0.15) is 16.8 Å². The number of rotatable bonds is 4. The van der Waals surface area contributed by atoms with Crippen LogP contribution in [0.1, 0.15) is 11.4 Å². The van der Waals surface area contributed by atoms with Crippen molar-refractivity contribution >= 4 is 71.6 Å². The van der Waals surface area contributed by atoms with Crippen LogP contribution < -0.4 is 0 Å². The molecule has 2 aromatic heterocycles. The second-order valence-corrected chi connectivity index (χ2v) is 11.1. The summed E-state index contributed by atoms with van der Waals surface area (Å²) < 4.78 is 69.8. The van der Waals surface area contributed by atoms with Crippen LogP contribution in [0.25, 0.3) is 44.1 Å². The molecule has 5 aromatic rings. The Morgan fingerprint density at radius 1 is 0.579 bits per heavy atom. The Kier molecular flexibility index (Phi) is 8.47. The van der Waals surface area contributed by atoms with Gasteiger partial charge in [0.25, 0.3) is 20.2 Å². The van der Waals surface area contributed by atoms with Gasteiger partial charge in [-0.15, -0.1) is 0 Å². The van der Waals surface area contributed by atoms with Gasteiger partial charge in [-0.05, 0) is 25.0 Å². The van der Waals surface area contributed by atoms with Gasteiger partial charge in [0.2, 0.25) is 0 Å². The summed E-state index contributed by atoms with van der Waals surface area (Å²) in [6.07, 6.45) is 0. The molecule has 0 atom stereocenters. The van der Waals surface area contributed by atoms with Crippen LogP contribution in [0.2, 0.25) is 0 Å². The Morgan fingerprint density at radius 3 is 1.18 bits per heavy atom. The summed E-state index contributed by atoms with van der Waals surface area (Å²) in [6.45, 7) is 2.96. The van der Waals surface area contributed by atoms with Crippen LogP contribution in [0.5, 0.6) is 0 Å². The monoisotopic (exact) mass is 561 g/mol. The fourth-order valence-corrected chi connectivity index (χ4v) is 6.48. The van der Waals surface area contributed by atoms with E-state index >= 15 is 0 Å². The van der Waals surface area contributed by atoms with E-state index < -0.39 is 20.2 Å². The summed E-state index contributed by atoms with van der Waals surface area (Å²) in [4.78, 5) is 8.40. The first-order valence-electron chi connectivity index (χ1n) is 10.8. The van der Waals surface area contributed by atoms with Gasteiger partial charge in [-0.1, -0.05) is 72.8 Å². The topological polar surface area (TPSA) is 166 Å². The average Bonchev–Trinajstić information content (AvgIpc) is 2.82. The Morgan fingerprint density at radius 2 is 0.895 bits per heavy atom. The molecule has 0 saturated heterocycles. The van der Waals surface area contributed by atoms with Gasteiger partial charge < -0.3 is 5.48 Å². The van der Waals surface area contributed by atoms with E-state index in [1.165, 1.54) is 13.8 Å². The first-order chi connectivity index (χ1) is 17.0. The molecule has 0 fully saturated rings. The van der Waals surface area contributed by atoms with Crippen LogP contribution in [-0.4, -0.2) is 70.9 Å². The van der Waals surface area contributed by atoms with E-state index in [4.69, 9.17) is 0 Å². The smallest absolute Gasteiger partial charge is 0.296 e. The summed E-state index contributed by atoms with van der Waals surface area (Å²) in [6, 6.07) is 20.7. The number of hydrogen-bond donors (Lipinski definition) is 2.